The minimum Gasteiger partial charge on any atom is -0.312 e. The van der Waals surface area contributed by atoms with Crippen LogP contribution in [0.15, 0.2) is 18.2 Å². The zero-order chi connectivity index (χ0) is 11.3. The molecular weight excluding hydrogens is 213 g/mol. The maximum Gasteiger partial charge on any atom is 0.126 e. The van der Waals surface area contributed by atoms with Gasteiger partial charge in [0.1, 0.15) is 5.82 Å². The summed E-state index contributed by atoms with van der Waals surface area (Å²) in [6.45, 7) is 3.06. The molecule has 1 atom stereocenters. The maximum atomic E-state index is 13.1. The fraction of sp³-hybridized carbons (Fsp3) is 0.455. The fourth-order valence-electron chi connectivity index (χ4n) is 1.19. The Morgan fingerprint density at radius 2 is 2.20 bits per heavy atom. The van der Waals surface area contributed by atoms with Crippen LogP contribution in [0.3, 0.4) is 0 Å². The molecule has 0 fully saturated rings. The average Bonchev–Trinajstić information content (AvgIpc) is 2.18. The van der Waals surface area contributed by atoms with Gasteiger partial charge in [-0.05, 0) is 24.1 Å². The van der Waals surface area contributed by atoms with Crippen molar-refractivity contribution in [2.24, 2.45) is 0 Å². The van der Waals surface area contributed by atoms with Crippen molar-refractivity contribution in [1.29, 1.82) is 0 Å². The highest BCUT2D eigenvalue weighted by Gasteiger charge is 1.99. The van der Waals surface area contributed by atoms with E-state index in [-0.39, 0.29) is 5.82 Å². The molecule has 0 saturated heterocycles. The molecule has 0 aliphatic rings. The molecule has 1 N–H and O–H groups in total. The molecule has 15 heavy (non-hydrogen) atoms. The Kier molecular flexibility index (Phi) is 4.91. The van der Waals surface area contributed by atoms with E-state index in [4.69, 9.17) is 0 Å². The molecule has 0 bridgehead atoms. The first-order valence-corrected chi connectivity index (χ1v) is 6.58. The highest BCUT2D eigenvalue weighted by Crippen LogP contribution is 2.08. The highest BCUT2D eigenvalue weighted by atomic mass is 32.2. The Balaban J connectivity index is 2.38. The summed E-state index contributed by atoms with van der Waals surface area (Å²) in [7, 11) is -0.768. The maximum absolute atomic E-state index is 13.1. The van der Waals surface area contributed by atoms with Crippen molar-refractivity contribution in [3.05, 3.63) is 35.1 Å². The summed E-state index contributed by atoms with van der Waals surface area (Å²) in [5.41, 5.74) is 1.58. The van der Waals surface area contributed by atoms with Crippen molar-refractivity contribution in [3.8, 4) is 0 Å². The standard InChI is InChI=1S/C11H16FNOS/c1-9-3-4-10(7-11(9)12)8-13-5-6-15(2)14/h3-4,7,13H,5-6,8H2,1-2H3/t15-/m0/s1. The van der Waals surface area contributed by atoms with Crippen molar-refractivity contribution >= 4 is 10.8 Å². The van der Waals surface area contributed by atoms with Crippen LogP contribution < -0.4 is 5.32 Å². The van der Waals surface area contributed by atoms with Gasteiger partial charge in [-0.3, -0.25) is 4.21 Å². The molecule has 0 heterocycles. The van der Waals surface area contributed by atoms with Gasteiger partial charge in [0.25, 0.3) is 0 Å². The summed E-state index contributed by atoms with van der Waals surface area (Å²) in [6.07, 6.45) is 1.67. The average molecular weight is 229 g/mol. The normalized spacial score (nSPS) is 12.7. The van der Waals surface area contributed by atoms with Gasteiger partial charge in [0, 0.05) is 35.9 Å². The molecule has 4 heteroatoms. The van der Waals surface area contributed by atoms with E-state index in [1.165, 1.54) is 6.07 Å². The molecule has 0 amide bonds. The SMILES string of the molecule is Cc1ccc(CNCC[S@](C)=O)cc1F. The van der Waals surface area contributed by atoms with Crippen molar-refractivity contribution < 1.29 is 8.60 Å². The number of aryl methyl sites for hydroxylation is 1. The molecule has 1 rings (SSSR count). The van der Waals surface area contributed by atoms with Crippen molar-refractivity contribution in [2.75, 3.05) is 18.6 Å². The molecule has 84 valence electrons. The first-order chi connectivity index (χ1) is 7.09. The van der Waals surface area contributed by atoms with Crippen molar-refractivity contribution in [2.45, 2.75) is 13.5 Å². The predicted octanol–water partition coefficient (Wildman–Crippen LogP) is 1.60. The van der Waals surface area contributed by atoms with Crippen molar-refractivity contribution in [3.63, 3.8) is 0 Å². The van der Waals surface area contributed by atoms with Crippen LogP contribution in [0.2, 0.25) is 0 Å². The number of benzene rings is 1. The topological polar surface area (TPSA) is 29.1 Å². The molecule has 0 aromatic heterocycles. The predicted molar refractivity (Wildman–Crippen MR) is 61.8 cm³/mol. The van der Waals surface area contributed by atoms with Crippen LogP contribution in [0.1, 0.15) is 11.1 Å². The van der Waals surface area contributed by atoms with Gasteiger partial charge in [0.15, 0.2) is 0 Å². The largest absolute Gasteiger partial charge is 0.312 e. The summed E-state index contributed by atoms with van der Waals surface area (Å²) in [6, 6.07) is 5.20. The zero-order valence-electron chi connectivity index (χ0n) is 9.05. The summed E-state index contributed by atoms with van der Waals surface area (Å²) in [5, 5.41) is 3.12. The molecule has 0 aliphatic heterocycles. The number of nitrogens with one attached hydrogen (secondary N) is 1. The second kappa shape index (κ2) is 5.98. The number of halogens is 1. The Morgan fingerprint density at radius 3 is 2.80 bits per heavy atom. The Hall–Kier alpha value is -0.740. The Morgan fingerprint density at radius 1 is 1.47 bits per heavy atom. The van der Waals surface area contributed by atoms with Gasteiger partial charge < -0.3 is 5.32 Å². The van der Waals surface area contributed by atoms with Crippen LogP contribution in [0.5, 0.6) is 0 Å². The van der Waals surface area contributed by atoms with Crippen LogP contribution in [-0.4, -0.2) is 22.8 Å². The lowest BCUT2D eigenvalue weighted by Gasteiger charge is -2.05. The minimum atomic E-state index is -0.768. The monoisotopic (exact) mass is 229 g/mol. The van der Waals surface area contributed by atoms with E-state index in [2.05, 4.69) is 5.32 Å². The third-order valence-electron chi connectivity index (χ3n) is 2.13. The summed E-state index contributed by atoms with van der Waals surface area (Å²) < 4.78 is 23.9. The van der Waals surface area contributed by atoms with Crippen LogP contribution in [0.4, 0.5) is 4.39 Å². The Labute approximate surface area is 92.3 Å². The van der Waals surface area contributed by atoms with E-state index >= 15 is 0 Å². The lowest BCUT2D eigenvalue weighted by atomic mass is 10.1. The van der Waals surface area contributed by atoms with E-state index in [1.807, 2.05) is 6.07 Å². The first-order valence-electron chi connectivity index (χ1n) is 4.85. The van der Waals surface area contributed by atoms with Crippen LogP contribution in [-0.2, 0) is 17.3 Å². The number of hydrogen-bond donors (Lipinski definition) is 1. The zero-order valence-corrected chi connectivity index (χ0v) is 9.86. The summed E-state index contributed by atoms with van der Waals surface area (Å²) >= 11 is 0. The van der Waals surface area contributed by atoms with Crippen LogP contribution in [0.25, 0.3) is 0 Å². The van der Waals surface area contributed by atoms with Gasteiger partial charge in [0.05, 0.1) is 0 Å². The van der Waals surface area contributed by atoms with Gasteiger partial charge in [-0.15, -0.1) is 0 Å². The second-order valence-electron chi connectivity index (χ2n) is 3.54. The van der Waals surface area contributed by atoms with Gasteiger partial charge in [-0.25, -0.2) is 4.39 Å². The molecule has 0 radical (unpaired) electrons. The molecule has 1 aromatic rings. The van der Waals surface area contributed by atoms with Crippen molar-refractivity contribution in [1.82, 2.24) is 5.32 Å². The molecule has 1 aromatic carbocycles. The quantitative estimate of drug-likeness (QED) is 0.777. The smallest absolute Gasteiger partial charge is 0.126 e. The van der Waals surface area contributed by atoms with E-state index in [9.17, 15) is 8.60 Å². The third-order valence-corrected chi connectivity index (χ3v) is 2.91. The van der Waals surface area contributed by atoms with Gasteiger partial charge in [0.2, 0.25) is 0 Å². The van der Waals surface area contributed by atoms with Gasteiger partial charge in [-0.1, -0.05) is 12.1 Å². The number of hydrogen-bond acceptors (Lipinski definition) is 2. The second-order valence-corrected chi connectivity index (χ2v) is 5.09. The van der Waals surface area contributed by atoms with Crippen LogP contribution >= 0.6 is 0 Å². The molecule has 0 unspecified atom stereocenters. The number of rotatable bonds is 5. The summed E-state index contributed by atoms with van der Waals surface area (Å²) in [5.74, 6) is 0.460. The van der Waals surface area contributed by atoms with Crippen LogP contribution in [0, 0.1) is 12.7 Å². The van der Waals surface area contributed by atoms with E-state index in [0.29, 0.717) is 24.4 Å². The lowest BCUT2D eigenvalue weighted by Crippen LogP contribution is -2.19. The molecular formula is C11H16FNOS. The Bertz CT molecular complexity index is 354. The van der Waals surface area contributed by atoms with Gasteiger partial charge in [-0.2, -0.15) is 0 Å². The highest BCUT2D eigenvalue weighted by molar-refractivity contribution is 7.84. The minimum absolute atomic E-state index is 0.173. The van der Waals surface area contributed by atoms with E-state index in [0.717, 1.165) is 5.56 Å². The molecule has 2 nitrogen and oxygen atoms in total. The molecule has 0 saturated carbocycles. The third kappa shape index (κ3) is 4.53. The fourth-order valence-corrected chi connectivity index (χ4v) is 1.63. The van der Waals surface area contributed by atoms with Gasteiger partial charge >= 0.3 is 0 Å². The molecule has 0 spiro atoms. The lowest BCUT2D eigenvalue weighted by molar-refractivity contribution is 0.612. The van der Waals surface area contributed by atoms with E-state index in [1.54, 1.807) is 19.2 Å². The molecule has 0 aliphatic carbocycles. The first kappa shape index (κ1) is 12.3. The summed E-state index contributed by atoms with van der Waals surface area (Å²) in [4.78, 5) is 0. The van der Waals surface area contributed by atoms with E-state index < -0.39 is 10.8 Å².